The van der Waals surface area contributed by atoms with Crippen LogP contribution in [0.25, 0.3) is 0 Å². The Kier molecular flexibility index (Phi) is 4.40. The van der Waals surface area contributed by atoms with Crippen molar-refractivity contribution in [1.82, 2.24) is 0 Å². The summed E-state index contributed by atoms with van der Waals surface area (Å²) in [4.78, 5) is 0. The second-order valence-electron chi connectivity index (χ2n) is 5.22. The lowest BCUT2D eigenvalue weighted by Gasteiger charge is -2.29. The van der Waals surface area contributed by atoms with E-state index in [2.05, 4.69) is 0 Å². The molecule has 0 aliphatic heterocycles. The molecule has 1 unspecified atom stereocenters. The molecule has 0 aromatic heterocycles. The average molecular weight is 274 g/mol. The van der Waals surface area contributed by atoms with Crippen molar-refractivity contribution in [3.8, 4) is 5.75 Å². The van der Waals surface area contributed by atoms with E-state index < -0.39 is 5.41 Å². The van der Waals surface area contributed by atoms with Gasteiger partial charge >= 0.3 is 0 Å². The highest BCUT2D eigenvalue weighted by Gasteiger charge is 2.29. The largest absolute Gasteiger partial charge is 0.496 e. The summed E-state index contributed by atoms with van der Waals surface area (Å²) in [6, 6.07) is 14.0. The fourth-order valence-corrected chi connectivity index (χ4v) is 2.43. The van der Waals surface area contributed by atoms with Crippen molar-refractivity contribution in [2.24, 2.45) is 0 Å². The molecular formula is C17H19FO2. The number of hydrogen-bond donors (Lipinski definition) is 1. The van der Waals surface area contributed by atoms with Gasteiger partial charge in [-0.05, 0) is 30.2 Å². The molecule has 0 radical (unpaired) electrons. The fourth-order valence-electron chi connectivity index (χ4n) is 2.43. The van der Waals surface area contributed by atoms with Gasteiger partial charge in [-0.1, -0.05) is 37.3 Å². The molecule has 0 saturated carbocycles. The lowest BCUT2D eigenvalue weighted by molar-refractivity contribution is 0.201. The van der Waals surface area contributed by atoms with Crippen LogP contribution in [-0.4, -0.2) is 18.8 Å². The highest BCUT2D eigenvalue weighted by atomic mass is 19.1. The van der Waals surface area contributed by atoms with Crippen LogP contribution >= 0.6 is 0 Å². The zero-order valence-corrected chi connectivity index (χ0v) is 11.8. The zero-order valence-electron chi connectivity index (χ0n) is 11.8. The topological polar surface area (TPSA) is 29.5 Å². The van der Waals surface area contributed by atoms with Gasteiger partial charge in [0.2, 0.25) is 0 Å². The van der Waals surface area contributed by atoms with Crippen molar-refractivity contribution in [1.29, 1.82) is 0 Å². The van der Waals surface area contributed by atoms with E-state index >= 15 is 0 Å². The van der Waals surface area contributed by atoms with Gasteiger partial charge in [0.05, 0.1) is 13.7 Å². The maximum atomic E-state index is 13.0. The lowest BCUT2D eigenvalue weighted by Crippen LogP contribution is -2.30. The highest BCUT2D eigenvalue weighted by molar-refractivity contribution is 5.40. The van der Waals surface area contributed by atoms with E-state index in [1.54, 1.807) is 19.2 Å². The smallest absolute Gasteiger partial charge is 0.123 e. The van der Waals surface area contributed by atoms with E-state index in [0.717, 1.165) is 16.9 Å². The van der Waals surface area contributed by atoms with Gasteiger partial charge in [-0.15, -0.1) is 0 Å². The molecule has 0 spiro atoms. The standard InChI is InChI=1S/C17H19FO2/c1-17(12-19,11-13-7-9-14(18)10-8-13)15-5-3-4-6-16(15)20-2/h3-10,19H,11-12H2,1-2H3. The molecule has 0 bridgehead atoms. The van der Waals surface area contributed by atoms with E-state index in [9.17, 15) is 9.50 Å². The third-order valence-electron chi connectivity index (χ3n) is 3.61. The van der Waals surface area contributed by atoms with Crippen molar-refractivity contribution in [3.63, 3.8) is 0 Å². The van der Waals surface area contributed by atoms with Crippen LogP contribution in [0, 0.1) is 5.82 Å². The molecule has 20 heavy (non-hydrogen) atoms. The van der Waals surface area contributed by atoms with E-state index in [-0.39, 0.29) is 12.4 Å². The number of aliphatic hydroxyl groups is 1. The van der Waals surface area contributed by atoms with E-state index in [1.165, 1.54) is 12.1 Å². The lowest BCUT2D eigenvalue weighted by atomic mass is 9.77. The van der Waals surface area contributed by atoms with Gasteiger partial charge in [-0.2, -0.15) is 0 Å². The Balaban J connectivity index is 2.35. The SMILES string of the molecule is COc1ccccc1C(C)(CO)Cc1ccc(F)cc1. The van der Waals surface area contributed by atoms with Crippen molar-refractivity contribution < 1.29 is 14.2 Å². The molecule has 2 aromatic rings. The maximum Gasteiger partial charge on any atom is 0.123 e. The maximum absolute atomic E-state index is 13.0. The second kappa shape index (κ2) is 6.06. The summed E-state index contributed by atoms with van der Waals surface area (Å²) in [6.45, 7) is 1.97. The highest BCUT2D eigenvalue weighted by Crippen LogP contribution is 2.34. The number of rotatable bonds is 5. The monoisotopic (exact) mass is 274 g/mol. The molecular weight excluding hydrogens is 255 g/mol. The molecule has 0 heterocycles. The summed E-state index contributed by atoms with van der Waals surface area (Å²) < 4.78 is 18.4. The Labute approximate surface area is 118 Å². The van der Waals surface area contributed by atoms with E-state index in [0.29, 0.717) is 6.42 Å². The van der Waals surface area contributed by atoms with E-state index in [4.69, 9.17) is 4.74 Å². The minimum Gasteiger partial charge on any atom is -0.496 e. The molecule has 0 fully saturated rings. The van der Waals surface area contributed by atoms with Crippen LogP contribution < -0.4 is 4.74 Å². The Morgan fingerprint density at radius 1 is 1.10 bits per heavy atom. The summed E-state index contributed by atoms with van der Waals surface area (Å²) >= 11 is 0. The van der Waals surface area contributed by atoms with Crippen molar-refractivity contribution in [2.45, 2.75) is 18.8 Å². The molecule has 2 rings (SSSR count). The van der Waals surface area contributed by atoms with Gasteiger partial charge in [0, 0.05) is 11.0 Å². The third kappa shape index (κ3) is 2.99. The molecule has 106 valence electrons. The fraction of sp³-hybridized carbons (Fsp3) is 0.294. The average Bonchev–Trinajstić information content (AvgIpc) is 2.49. The van der Waals surface area contributed by atoms with Crippen LogP contribution in [0.5, 0.6) is 5.75 Å². The number of para-hydroxylation sites is 1. The predicted octanol–water partition coefficient (Wildman–Crippen LogP) is 3.33. The third-order valence-corrected chi connectivity index (χ3v) is 3.61. The number of aliphatic hydroxyl groups excluding tert-OH is 1. The van der Waals surface area contributed by atoms with Gasteiger partial charge in [0.15, 0.2) is 0 Å². The molecule has 0 saturated heterocycles. The second-order valence-corrected chi connectivity index (χ2v) is 5.22. The number of benzene rings is 2. The van der Waals surface area contributed by atoms with E-state index in [1.807, 2.05) is 31.2 Å². The van der Waals surface area contributed by atoms with Gasteiger partial charge in [0.1, 0.15) is 11.6 Å². The summed E-state index contributed by atoms with van der Waals surface area (Å²) in [5, 5.41) is 9.84. The van der Waals surface area contributed by atoms with Crippen molar-refractivity contribution in [2.75, 3.05) is 13.7 Å². The summed E-state index contributed by atoms with van der Waals surface area (Å²) in [5.41, 5.74) is 1.47. The van der Waals surface area contributed by atoms with Crippen molar-refractivity contribution in [3.05, 3.63) is 65.5 Å². The van der Waals surface area contributed by atoms with Gasteiger partial charge in [-0.3, -0.25) is 0 Å². The summed E-state index contributed by atoms with van der Waals surface area (Å²) in [6.07, 6.45) is 0.615. The van der Waals surface area contributed by atoms with Gasteiger partial charge in [-0.25, -0.2) is 4.39 Å². The van der Waals surface area contributed by atoms with Crippen molar-refractivity contribution >= 4 is 0 Å². The predicted molar refractivity (Wildman–Crippen MR) is 77.5 cm³/mol. The molecule has 1 atom stereocenters. The van der Waals surface area contributed by atoms with Crippen LogP contribution in [-0.2, 0) is 11.8 Å². The quantitative estimate of drug-likeness (QED) is 0.906. The number of hydrogen-bond acceptors (Lipinski definition) is 2. The molecule has 2 nitrogen and oxygen atoms in total. The Hall–Kier alpha value is -1.87. The van der Waals surface area contributed by atoms with Crippen LogP contribution in [0.2, 0.25) is 0 Å². The molecule has 0 amide bonds. The molecule has 2 aromatic carbocycles. The minimum absolute atomic E-state index is 0.00918. The first kappa shape index (κ1) is 14.5. The number of halogens is 1. The molecule has 0 aliphatic rings. The molecule has 3 heteroatoms. The normalized spacial score (nSPS) is 13.8. The summed E-state index contributed by atoms with van der Waals surface area (Å²) in [5.74, 6) is 0.503. The van der Waals surface area contributed by atoms with Crippen LogP contribution in [0.3, 0.4) is 0 Å². The first-order valence-corrected chi connectivity index (χ1v) is 6.58. The first-order chi connectivity index (χ1) is 9.59. The molecule has 1 N–H and O–H groups in total. The van der Waals surface area contributed by atoms with Crippen LogP contribution in [0.15, 0.2) is 48.5 Å². The summed E-state index contributed by atoms with van der Waals surface area (Å²) in [7, 11) is 1.62. The Morgan fingerprint density at radius 3 is 2.35 bits per heavy atom. The number of methoxy groups -OCH3 is 1. The van der Waals surface area contributed by atoms with Gasteiger partial charge < -0.3 is 9.84 Å². The zero-order chi connectivity index (χ0) is 14.6. The molecule has 0 aliphatic carbocycles. The minimum atomic E-state index is -0.468. The van der Waals surface area contributed by atoms with Crippen LogP contribution in [0.1, 0.15) is 18.1 Å². The first-order valence-electron chi connectivity index (χ1n) is 6.58. The van der Waals surface area contributed by atoms with Gasteiger partial charge in [0.25, 0.3) is 0 Å². The Bertz CT molecular complexity index is 565. The Morgan fingerprint density at radius 2 is 1.75 bits per heavy atom. The number of ether oxygens (including phenoxy) is 1. The van der Waals surface area contributed by atoms with Crippen LogP contribution in [0.4, 0.5) is 4.39 Å².